The molecule has 2 aromatic rings. The Morgan fingerprint density at radius 1 is 1.17 bits per heavy atom. The molecule has 0 amide bonds. The van der Waals surface area contributed by atoms with Crippen LogP contribution in [0.15, 0.2) is 59.4 Å². The number of allylic oxidation sites excluding steroid dienone is 1. The highest BCUT2D eigenvalue weighted by molar-refractivity contribution is 6.11. The molecule has 0 radical (unpaired) electrons. The number of nitrogens with one attached hydrogen (secondary N) is 1. The number of nitrogens with zero attached hydrogens (tertiary/aromatic N) is 1. The number of ether oxygens (including phenoxy) is 1. The van der Waals surface area contributed by atoms with Crippen molar-refractivity contribution in [3.63, 3.8) is 0 Å². The molecule has 3 rings (SSSR count). The molecule has 2 heterocycles. The van der Waals surface area contributed by atoms with E-state index in [2.05, 4.69) is 29.0 Å². The van der Waals surface area contributed by atoms with E-state index in [-0.39, 0.29) is 5.97 Å². The number of esters is 1. The fourth-order valence-corrected chi connectivity index (χ4v) is 2.65. The van der Waals surface area contributed by atoms with Crippen LogP contribution in [-0.4, -0.2) is 16.9 Å². The zero-order chi connectivity index (χ0) is 16.8. The summed E-state index contributed by atoms with van der Waals surface area (Å²) >= 11 is 0. The van der Waals surface area contributed by atoms with Gasteiger partial charge >= 0.3 is 5.97 Å². The van der Waals surface area contributed by atoms with E-state index >= 15 is 0 Å². The lowest BCUT2D eigenvalue weighted by atomic mass is 10.1. The zero-order valence-electron chi connectivity index (χ0n) is 13.9. The van der Waals surface area contributed by atoms with Crippen LogP contribution in [-0.2, 0) is 22.4 Å². The van der Waals surface area contributed by atoms with Crippen molar-refractivity contribution in [2.75, 3.05) is 0 Å². The van der Waals surface area contributed by atoms with E-state index < -0.39 is 0 Å². The number of H-pyrrole nitrogens is 1. The normalized spacial score (nSPS) is 15.6. The van der Waals surface area contributed by atoms with Gasteiger partial charge in [0.05, 0.1) is 0 Å². The van der Waals surface area contributed by atoms with E-state index in [1.54, 1.807) is 0 Å². The molecule has 1 aromatic carbocycles. The molecule has 4 heteroatoms. The van der Waals surface area contributed by atoms with Crippen molar-refractivity contribution in [3.05, 3.63) is 71.2 Å². The number of benzene rings is 1. The fraction of sp³-hybridized carbons (Fsp3) is 0.300. The lowest BCUT2D eigenvalue weighted by Gasteiger charge is -2.02. The second kappa shape index (κ2) is 7.77. The van der Waals surface area contributed by atoms with Crippen molar-refractivity contribution in [1.29, 1.82) is 0 Å². The molecule has 0 saturated heterocycles. The summed E-state index contributed by atoms with van der Waals surface area (Å²) in [6, 6.07) is 12.1. The number of hydrogen-bond donors (Lipinski definition) is 1. The van der Waals surface area contributed by atoms with E-state index in [1.165, 1.54) is 18.4 Å². The van der Waals surface area contributed by atoms with Gasteiger partial charge in [-0.2, -0.15) is 0 Å². The number of aryl methyl sites for hydroxylation is 2. The van der Waals surface area contributed by atoms with E-state index in [0.29, 0.717) is 11.6 Å². The Hall–Kier alpha value is -2.62. The predicted molar refractivity (Wildman–Crippen MR) is 94.9 cm³/mol. The Kier molecular flexibility index (Phi) is 5.26. The Bertz CT molecular complexity index is 740. The average Bonchev–Trinajstić information content (AvgIpc) is 3.24. The molecule has 1 N–H and O–H groups in total. The quantitative estimate of drug-likeness (QED) is 0.614. The molecular weight excluding hydrogens is 300 g/mol. The number of aromatic amines is 1. The highest BCUT2D eigenvalue weighted by Crippen LogP contribution is 2.18. The number of cyclic esters (lactones) is 1. The lowest BCUT2D eigenvalue weighted by molar-refractivity contribution is -0.130. The Morgan fingerprint density at radius 3 is 2.71 bits per heavy atom. The summed E-state index contributed by atoms with van der Waals surface area (Å²) in [5, 5.41) is 0. The Balaban J connectivity index is 1.64. The summed E-state index contributed by atoms with van der Waals surface area (Å²) in [6.07, 6.45) is 8.77. The maximum Gasteiger partial charge on any atom is 0.363 e. The smallest absolute Gasteiger partial charge is 0.363 e. The van der Waals surface area contributed by atoms with Gasteiger partial charge in [-0.05, 0) is 55.5 Å². The zero-order valence-corrected chi connectivity index (χ0v) is 13.9. The minimum absolute atomic E-state index is 0.369. The van der Waals surface area contributed by atoms with Crippen molar-refractivity contribution in [2.24, 2.45) is 4.99 Å². The summed E-state index contributed by atoms with van der Waals surface area (Å²) in [4.78, 5) is 19.4. The molecule has 24 heavy (non-hydrogen) atoms. The maximum absolute atomic E-state index is 11.9. The van der Waals surface area contributed by atoms with Gasteiger partial charge < -0.3 is 9.72 Å². The first-order valence-electron chi connectivity index (χ1n) is 8.49. The number of carbonyl (C=O) groups is 1. The third-order valence-corrected chi connectivity index (χ3v) is 4.05. The van der Waals surface area contributed by atoms with E-state index in [1.807, 2.05) is 36.5 Å². The lowest BCUT2D eigenvalue weighted by Crippen LogP contribution is -2.05. The van der Waals surface area contributed by atoms with Crippen LogP contribution in [0.25, 0.3) is 0 Å². The molecule has 1 aliphatic heterocycles. The predicted octanol–water partition coefficient (Wildman–Crippen LogP) is 4.18. The summed E-state index contributed by atoms with van der Waals surface area (Å²) in [6.45, 7) is 2.19. The molecular formula is C20H22N2O2. The first-order chi connectivity index (χ1) is 11.8. The van der Waals surface area contributed by atoms with E-state index in [9.17, 15) is 4.79 Å². The van der Waals surface area contributed by atoms with Crippen LogP contribution < -0.4 is 0 Å². The van der Waals surface area contributed by atoms with Crippen molar-refractivity contribution >= 4 is 11.9 Å². The third kappa shape index (κ3) is 4.02. The average molecular weight is 322 g/mol. The molecule has 4 nitrogen and oxygen atoms in total. The highest BCUT2D eigenvalue weighted by atomic mass is 16.6. The number of aliphatic imine (C=N–C) groups is 1. The van der Waals surface area contributed by atoms with Gasteiger partial charge in [0.15, 0.2) is 0 Å². The number of hydrogen-bond acceptors (Lipinski definition) is 3. The summed E-state index contributed by atoms with van der Waals surface area (Å²) < 4.78 is 5.30. The fourth-order valence-electron chi connectivity index (χ4n) is 2.65. The molecule has 124 valence electrons. The van der Waals surface area contributed by atoms with Gasteiger partial charge in [-0.1, -0.05) is 31.6 Å². The topological polar surface area (TPSA) is 54.5 Å². The number of aromatic nitrogens is 1. The van der Waals surface area contributed by atoms with Crippen LogP contribution in [0.2, 0.25) is 0 Å². The summed E-state index contributed by atoms with van der Waals surface area (Å²) in [7, 11) is 0. The van der Waals surface area contributed by atoms with E-state index in [4.69, 9.17) is 4.74 Å². The second-order valence-corrected chi connectivity index (χ2v) is 5.93. The van der Waals surface area contributed by atoms with Crippen molar-refractivity contribution in [3.8, 4) is 0 Å². The van der Waals surface area contributed by atoms with Crippen LogP contribution in [0.1, 0.15) is 43.0 Å². The molecule has 1 aromatic heterocycles. The molecule has 0 bridgehead atoms. The number of rotatable bonds is 7. The molecule has 0 atom stereocenters. The van der Waals surface area contributed by atoms with Gasteiger partial charge in [-0.25, -0.2) is 9.79 Å². The van der Waals surface area contributed by atoms with Crippen LogP contribution >= 0.6 is 0 Å². The van der Waals surface area contributed by atoms with E-state index in [0.717, 1.165) is 30.5 Å². The number of carbonyl (C=O) groups excluding carboxylic acids is 1. The molecule has 0 aliphatic carbocycles. The second-order valence-electron chi connectivity index (χ2n) is 5.93. The standard InChI is InChI=1S/C20H22N2O2/c1-2-3-6-15-10-12-16(13-11-15)19-22-18(20(23)24-19)9-4-7-17-8-5-14-21-17/h5,8-14,21H,2-4,6-7H2,1H3/b18-9+. The van der Waals surface area contributed by atoms with Crippen molar-refractivity contribution in [2.45, 2.75) is 39.0 Å². The van der Waals surface area contributed by atoms with Gasteiger partial charge in [0.2, 0.25) is 5.90 Å². The molecule has 1 aliphatic rings. The molecule has 0 saturated carbocycles. The molecule has 0 unspecified atom stereocenters. The maximum atomic E-state index is 11.9. The minimum Gasteiger partial charge on any atom is -0.402 e. The van der Waals surface area contributed by atoms with Crippen molar-refractivity contribution in [1.82, 2.24) is 4.98 Å². The van der Waals surface area contributed by atoms with Crippen molar-refractivity contribution < 1.29 is 9.53 Å². The Labute approximate surface area is 142 Å². The van der Waals surface area contributed by atoms with Gasteiger partial charge in [0, 0.05) is 17.5 Å². The van der Waals surface area contributed by atoms with Crippen LogP contribution in [0, 0.1) is 0 Å². The highest BCUT2D eigenvalue weighted by Gasteiger charge is 2.23. The number of unbranched alkanes of at least 4 members (excludes halogenated alkanes) is 1. The first-order valence-corrected chi connectivity index (χ1v) is 8.49. The van der Waals surface area contributed by atoms with Gasteiger partial charge in [-0.3, -0.25) is 0 Å². The summed E-state index contributed by atoms with van der Waals surface area (Å²) in [5.41, 5.74) is 3.68. The van der Waals surface area contributed by atoms with Gasteiger partial charge in [0.25, 0.3) is 0 Å². The minimum atomic E-state index is -0.369. The van der Waals surface area contributed by atoms with Crippen LogP contribution in [0.5, 0.6) is 0 Å². The molecule has 0 fully saturated rings. The summed E-state index contributed by atoms with van der Waals surface area (Å²) in [5.74, 6) is 0.0275. The molecule has 0 spiro atoms. The first kappa shape index (κ1) is 16.2. The monoisotopic (exact) mass is 322 g/mol. The van der Waals surface area contributed by atoms with Crippen LogP contribution in [0.4, 0.5) is 0 Å². The third-order valence-electron chi connectivity index (χ3n) is 4.05. The van der Waals surface area contributed by atoms with Crippen LogP contribution in [0.3, 0.4) is 0 Å². The van der Waals surface area contributed by atoms with Gasteiger partial charge in [-0.15, -0.1) is 0 Å². The largest absolute Gasteiger partial charge is 0.402 e. The van der Waals surface area contributed by atoms with Gasteiger partial charge in [0.1, 0.15) is 5.70 Å². The SMILES string of the molecule is CCCCc1ccc(C2=N/C(=C/CCc3ccc[nH]3)C(=O)O2)cc1. The Morgan fingerprint density at radius 2 is 2.00 bits per heavy atom.